The highest BCUT2D eigenvalue weighted by Crippen LogP contribution is 2.36. The van der Waals surface area contributed by atoms with E-state index in [0.29, 0.717) is 21.3 Å². The molecule has 0 spiro atoms. The Morgan fingerprint density at radius 1 is 0.941 bits per heavy atom. The smallest absolute Gasteiger partial charge is 0.266 e. The number of piperazine rings is 1. The summed E-state index contributed by atoms with van der Waals surface area (Å²) >= 11 is 6.81. The average Bonchev–Trinajstić information content (AvgIpc) is 3.11. The molecule has 0 atom stereocenters. The first kappa shape index (κ1) is 22.8. The van der Waals surface area contributed by atoms with Crippen LogP contribution in [0.2, 0.25) is 0 Å². The van der Waals surface area contributed by atoms with E-state index in [1.54, 1.807) is 22.6 Å². The molecule has 0 bridgehead atoms. The van der Waals surface area contributed by atoms with E-state index in [4.69, 9.17) is 12.2 Å². The van der Waals surface area contributed by atoms with Crippen molar-refractivity contribution in [2.75, 3.05) is 38.1 Å². The van der Waals surface area contributed by atoms with Gasteiger partial charge in [0.15, 0.2) is 0 Å². The van der Waals surface area contributed by atoms with E-state index in [2.05, 4.69) is 22.9 Å². The van der Waals surface area contributed by atoms with Crippen LogP contribution in [0.1, 0.15) is 11.1 Å². The Balaban J connectivity index is 1.60. The minimum Gasteiger partial charge on any atom is -0.368 e. The number of likely N-dealkylation sites (N-methyl/N-ethyl adjacent to an activating group) is 1. The SMILES string of the molecule is CN1CCN(c2c(C=C3SC(=S)N(Cc4ccccc4)C3=O)c(=O)n(C)c3ccccc23)CC1. The van der Waals surface area contributed by atoms with Crippen LogP contribution >= 0.6 is 24.0 Å². The lowest BCUT2D eigenvalue weighted by Gasteiger charge is -2.35. The highest BCUT2D eigenvalue weighted by atomic mass is 32.2. The summed E-state index contributed by atoms with van der Waals surface area (Å²) in [5.41, 5.74) is 3.24. The maximum absolute atomic E-state index is 13.6. The molecule has 2 saturated heterocycles. The van der Waals surface area contributed by atoms with Crippen LogP contribution in [-0.2, 0) is 18.4 Å². The predicted molar refractivity (Wildman–Crippen MR) is 144 cm³/mol. The van der Waals surface area contributed by atoms with Crippen molar-refractivity contribution in [2.24, 2.45) is 7.05 Å². The molecular formula is C26H26N4O2S2. The molecule has 0 N–H and O–H groups in total. The number of carbonyl (C=O) groups excluding carboxylic acids is 1. The third-order valence-electron chi connectivity index (χ3n) is 6.46. The third kappa shape index (κ3) is 4.17. The maximum Gasteiger partial charge on any atom is 0.266 e. The Morgan fingerprint density at radius 2 is 1.62 bits per heavy atom. The van der Waals surface area contributed by atoms with Gasteiger partial charge in [-0.05, 0) is 24.8 Å². The Labute approximate surface area is 208 Å². The Hall–Kier alpha value is -2.94. The molecule has 0 radical (unpaired) electrons. The number of nitrogens with zero attached hydrogens (tertiary/aromatic N) is 4. The van der Waals surface area contributed by atoms with Gasteiger partial charge in [-0.1, -0.05) is 72.5 Å². The third-order valence-corrected chi connectivity index (χ3v) is 7.84. The van der Waals surface area contributed by atoms with Crippen molar-refractivity contribution in [1.82, 2.24) is 14.4 Å². The van der Waals surface area contributed by atoms with Crippen LogP contribution < -0.4 is 10.5 Å². The lowest BCUT2D eigenvalue weighted by molar-refractivity contribution is -0.122. The topological polar surface area (TPSA) is 48.8 Å². The number of rotatable bonds is 4. The second-order valence-corrected chi connectivity index (χ2v) is 10.4. The van der Waals surface area contributed by atoms with Crippen LogP contribution in [-0.4, -0.2) is 57.8 Å². The Morgan fingerprint density at radius 3 is 2.35 bits per heavy atom. The summed E-state index contributed by atoms with van der Waals surface area (Å²) in [4.78, 5) is 33.6. The molecule has 1 amide bonds. The van der Waals surface area contributed by atoms with Gasteiger partial charge in [0.1, 0.15) is 4.32 Å². The van der Waals surface area contributed by atoms with Gasteiger partial charge in [-0.2, -0.15) is 0 Å². The summed E-state index contributed by atoms with van der Waals surface area (Å²) in [5, 5.41) is 1.01. The Bertz CT molecular complexity index is 1360. The van der Waals surface area contributed by atoms with Crippen molar-refractivity contribution in [3.8, 4) is 0 Å². The molecule has 0 saturated carbocycles. The van der Waals surface area contributed by atoms with Gasteiger partial charge in [0.25, 0.3) is 11.5 Å². The van der Waals surface area contributed by atoms with Crippen molar-refractivity contribution in [2.45, 2.75) is 6.54 Å². The van der Waals surface area contributed by atoms with Gasteiger partial charge in [0.05, 0.1) is 28.2 Å². The Kier molecular flexibility index (Phi) is 6.29. The molecule has 2 aromatic carbocycles. The second kappa shape index (κ2) is 9.37. The number of para-hydroxylation sites is 1. The van der Waals surface area contributed by atoms with Crippen molar-refractivity contribution in [3.63, 3.8) is 0 Å². The highest BCUT2D eigenvalue weighted by Gasteiger charge is 2.33. The summed E-state index contributed by atoms with van der Waals surface area (Å²) in [7, 11) is 3.90. The standard InChI is InChI=1S/C26H26N4O2S2/c1-27-12-14-29(15-13-27)23-19-10-6-7-11-21(19)28(2)24(31)20(23)16-22-25(32)30(26(33)34-22)17-18-8-4-3-5-9-18/h3-11,16H,12-15,17H2,1-2H3. The van der Waals surface area contributed by atoms with Crippen LogP contribution in [0.15, 0.2) is 64.3 Å². The zero-order chi connectivity index (χ0) is 23.8. The monoisotopic (exact) mass is 490 g/mol. The van der Waals surface area contributed by atoms with Gasteiger partial charge < -0.3 is 14.4 Å². The molecular weight excluding hydrogens is 464 g/mol. The van der Waals surface area contributed by atoms with E-state index in [0.717, 1.165) is 48.3 Å². The van der Waals surface area contributed by atoms with Gasteiger partial charge in [-0.25, -0.2) is 0 Å². The van der Waals surface area contributed by atoms with E-state index in [9.17, 15) is 9.59 Å². The molecule has 0 aliphatic carbocycles. The zero-order valence-corrected chi connectivity index (χ0v) is 20.9. The van der Waals surface area contributed by atoms with Crippen LogP contribution in [0.5, 0.6) is 0 Å². The van der Waals surface area contributed by atoms with E-state index < -0.39 is 0 Å². The van der Waals surface area contributed by atoms with Crippen molar-refractivity contribution in [3.05, 3.63) is 81.0 Å². The highest BCUT2D eigenvalue weighted by molar-refractivity contribution is 8.26. The summed E-state index contributed by atoms with van der Waals surface area (Å²) in [6.07, 6.45) is 1.76. The number of hydrogen-bond donors (Lipinski definition) is 0. The lowest BCUT2D eigenvalue weighted by Crippen LogP contribution is -2.45. The number of amides is 1. The summed E-state index contributed by atoms with van der Waals surface area (Å²) in [6, 6.07) is 17.8. The fraction of sp³-hybridized carbons (Fsp3) is 0.269. The molecule has 0 unspecified atom stereocenters. The number of fused-ring (bicyclic) bond motifs is 1. The number of carbonyl (C=O) groups is 1. The fourth-order valence-electron chi connectivity index (χ4n) is 4.54. The number of aryl methyl sites for hydroxylation is 1. The minimum absolute atomic E-state index is 0.110. The number of pyridine rings is 1. The summed E-state index contributed by atoms with van der Waals surface area (Å²) in [6.45, 7) is 3.90. The van der Waals surface area contributed by atoms with Gasteiger partial charge in [0.2, 0.25) is 0 Å². The van der Waals surface area contributed by atoms with E-state index in [1.165, 1.54) is 11.8 Å². The second-order valence-electron chi connectivity index (χ2n) is 8.69. The van der Waals surface area contributed by atoms with E-state index in [-0.39, 0.29) is 11.5 Å². The number of anilines is 1. The molecule has 5 rings (SSSR count). The molecule has 3 heterocycles. The normalized spacial score (nSPS) is 18.5. The van der Waals surface area contributed by atoms with Crippen molar-refractivity contribution < 1.29 is 4.79 Å². The van der Waals surface area contributed by atoms with Crippen molar-refractivity contribution >= 4 is 56.9 Å². The molecule has 2 aliphatic rings. The van der Waals surface area contributed by atoms with Crippen LogP contribution in [0, 0.1) is 0 Å². The largest absolute Gasteiger partial charge is 0.368 e. The predicted octanol–water partition coefficient (Wildman–Crippen LogP) is 3.69. The minimum atomic E-state index is -0.154. The summed E-state index contributed by atoms with van der Waals surface area (Å²) in [5.74, 6) is -0.154. The van der Waals surface area contributed by atoms with Gasteiger partial charge >= 0.3 is 0 Å². The van der Waals surface area contributed by atoms with Crippen molar-refractivity contribution in [1.29, 1.82) is 0 Å². The number of aromatic nitrogens is 1. The summed E-state index contributed by atoms with van der Waals surface area (Å²) < 4.78 is 2.18. The van der Waals surface area contributed by atoms with Gasteiger partial charge in [0, 0.05) is 38.6 Å². The molecule has 34 heavy (non-hydrogen) atoms. The molecule has 2 fully saturated rings. The lowest BCUT2D eigenvalue weighted by atomic mass is 10.1. The van der Waals surface area contributed by atoms with Gasteiger partial charge in [-0.15, -0.1) is 0 Å². The number of hydrogen-bond acceptors (Lipinski definition) is 6. The van der Waals surface area contributed by atoms with Gasteiger partial charge in [-0.3, -0.25) is 14.5 Å². The maximum atomic E-state index is 13.6. The van der Waals surface area contributed by atoms with E-state index >= 15 is 0 Å². The molecule has 174 valence electrons. The molecule has 3 aromatic rings. The van der Waals surface area contributed by atoms with Crippen LogP contribution in [0.25, 0.3) is 17.0 Å². The first-order valence-electron chi connectivity index (χ1n) is 11.3. The first-order chi connectivity index (χ1) is 16.4. The molecule has 6 nitrogen and oxygen atoms in total. The quantitative estimate of drug-likeness (QED) is 0.411. The number of thioether (sulfide) groups is 1. The zero-order valence-electron chi connectivity index (χ0n) is 19.2. The molecule has 2 aliphatic heterocycles. The van der Waals surface area contributed by atoms with E-state index in [1.807, 2.05) is 48.5 Å². The fourth-order valence-corrected chi connectivity index (χ4v) is 5.77. The number of benzene rings is 2. The number of thiocarbonyl (C=S) groups is 1. The average molecular weight is 491 g/mol. The van der Waals surface area contributed by atoms with Crippen LogP contribution in [0.4, 0.5) is 5.69 Å². The molecule has 1 aromatic heterocycles. The molecule has 8 heteroatoms. The first-order valence-corrected chi connectivity index (χ1v) is 12.5. The van der Waals surface area contributed by atoms with Crippen LogP contribution in [0.3, 0.4) is 0 Å².